The molecule has 1 aromatic carbocycles. The third-order valence-corrected chi connectivity index (χ3v) is 7.90. The summed E-state index contributed by atoms with van der Waals surface area (Å²) in [5, 5.41) is 3.03. The molecule has 1 fully saturated rings. The summed E-state index contributed by atoms with van der Waals surface area (Å²) in [5.74, 6) is -1.99. The first-order valence-corrected chi connectivity index (χ1v) is 11.9. The van der Waals surface area contributed by atoms with Crippen LogP contribution in [0.1, 0.15) is 49.1 Å². The third kappa shape index (κ3) is 4.25. The Morgan fingerprint density at radius 1 is 1.29 bits per heavy atom. The maximum absolute atomic E-state index is 13.9. The van der Waals surface area contributed by atoms with E-state index in [1.165, 1.54) is 29.2 Å². The number of halogens is 2. The van der Waals surface area contributed by atoms with E-state index >= 15 is 0 Å². The number of anilines is 1. The molecule has 164 valence electrons. The number of amides is 1. The molecule has 0 spiro atoms. The van der Waals surface area contributed by atoms with Crippen molar-refractivity contribution in [3.05, 3.63) is 50.6 Å². The predicted molar refractivity (Wildman–Crippen MR) is 121 cm³/mol. The molecule has 0 bridgehead atoms. The fourth-order valence-corrected chi connectivity index (χ4v) is 5.94. The van der Waals surface area contributed by atoms with Crippen LogP contribution in [0.5, 0.6) is 0 Å². The number of thiophene rings is 1. The first-order chi connectivity index (χ1) is 14.8. The smallest absolute Gasteiger partial charge is 0.263 e. The molecule has 2 heterocycles. The van der Waals surface area contributed by atoms with Crippen LogP contribution in [0.4, 0.5) is 14.5 Å². The van der Waals surface area contributed by atoms with Crippen LogP contribution in [0, 0.1) is 25.5 Å². The Hall–Kier alpha value is -2.26. The van der Waals surface area contributed by atoms with E-state index in [4.69, 9.17) is 4.98 Å². The standard InChI is InChI=1S/C22H23F2N3O2S2/c1-11-12(2)30-20-18(11)21(29)27(15-6-4-5-7-15)22(26-20)31-13(3)19(28)25-17-9-8-14(23)10-16(17)24/h8-10,13,15H,4-7H2,1-3H3,(H,25,28). The topological polar surface area (TPSA) is 64.0 Å². The van der Waals surface area contributed by atoms with Gasteiger partial charge >= 0.3 is 0 Å². The lowest BCUT2D eigenvalue weighted by Crippen LogP contribution is -2.29. The molecule has 0 aliphatic heterocycles. The van der Waals surface area contributed by atoms with Gasteiger partial charge in [0.15, 0.2) is 5.16 Å². The molecule has 31 heavy (non-hydrogen) atoms. The monoisotopic (exact) mass is 463 g/mol. The minimum absolute atomic E-state index is 0.0570. The maximum Gasteiger partial charge on any atom is 0.263 e. The molecule has 0 saturated heterocycles. The highest BCUT2D eigenvalue weighted by atomic mass is 32.2. The summed E-state index contributed by atoms with van der Waals surface area (Å²) in [5.41, 5.74) is 0.816. The second-order valence-corrected chi connectivity index (χ2v) is 10.4. The van der Waals surface area contributed by atoms with Crippen LogP contribution in [0.15, 0.2) is 28.2 Å². The summed E-state index contributed by atoms with van der Waals surface area (Å²) >= 11 is 2.66. The zero-order valence-corrected chi connectivity index (χ0v) is 19.1. The number of fused-ring (bicyclic) bond motifs is 1. The highest BCUT2D eigenvalue weighted by Gasteiger charge is 2.27. The SMILES string of the molecule is Cc1sc2nc(SC(C)C(=O)Nc3ccc(F)cc3F)n(C3CCCC3)c(=O)c2c1C. The zero-order valence-electron chi connectivity index (χ0n) is 17.5. The van der Waals surface area contributed by atoms with Crippen molar-refractivity contribution in [2.75, 3.05) is 5.32 Å². The van der Waals surface area contributed by atoms with Crippen molar-refractivity contribution in [3.63, 3.8) is 0 Å². The van der Waals surface area contributed by atoms with Gasteiger partial charge in [-0.15, -0.1) is 11.3 Å². The van der Waals surface area contributed by atoms with Crippen LogP contribution in [-0.4, -0.2) is 20.7 Å². The van der Waals surface area contributed by atoms with Crippen molar-refractivity contribution < 1.29 is 13.6 Å². The van der Waals surface area contributed by atoms with Crippen LogP contribution >= 0.6 is 23.1 Å². The molecule has 4 rings (SSSR count). The van der Waals surface area contributed by atoms with E-state index in [1.54, 1.807) is 11.5 Å². The van der Waals surface area contributed by atoms with E-state index in [2.05, 4.69) is 5.32 Å². The van der Waals surface area contributed by atoms with Gasteiger partial charge < -0.3 is 5.32 Å². The van der Waals surface area contributed by atoms with Gasteiger partial charge in [0.25, 0.3) is 5.56 Å². The lowest BCUT2D eigenvalue weighted by Gasteiger charge is -2.20. The number of hydrogen-bond donors (Lipinski definition) is 1. The van der Waals surface area contributed by atoms with E-state index in [0.717, 1.165) is 48.3 Å². The fraction of sp³-hybridized carbons (Fsp3) is 0.409. The van der Waals surface area contributed by atoms with E-state index in [9.17, 15) is 18.4 Å². The first-order valence-electron chi connectivity index (χ1n) is 10.2. The number of hydrogen-bond acceptors (Lipinski definition) is 5. The molecule has 1 unspecified atom stereocenters. The molecule has 1 amide bonds. The average Bonchev–Trinajstić information content (AvgIpc) is 3.32. The van der Waals surface area contributed by atoms with Crippen molar-refractivity contribution in [3.8, 4) is 0 Å². The molecule has 2 aromatic heterocycles. The summed E-state index contributed by atoms with van der Waals surface area (Å²) < 4.78 is 28.8. The van der Waals surface area contributed by atoms with Crippen LogP contribution in [-0.2, 0) is 4.79 Å². The van der Waals surface area contributed by atoms with Gasteiger partial charge in [-0.1, -0.05) is 24.6 Å². The van der Waals surface area contributed by atoms with Crippen LogP contribution in [0.3, 0.4) is 0 Å². The van der Waals surface area contributed by atoms with Gasteiger partial charge in [0, 0.05) is 17.0 Å². The summed E-state index contributed by atoms with van der Waals surface area (Å²) in [7, 11) is 0. The predicted octanol–water partition coefficient (Wildman–Crippen LogP) is 5.59. The molecule has 1 atom stereocenters. The van der Waals surface area contributed by atoms with E-state index in [1.807, 2.05) is 13.8 Å². The minimum atomic E-state index is -0.836. The third-order valence-electron chi connectivity index (χ3n) is 5.73. The van der Waals surface area contributed by atoms with E-state index in [0.29, 0.717) is 15.4 Å². The maximum atomic E-state index is 13.9. The molecule has 5 nitrogen and oxygen atoms in total. The van der Waals surface area contributed by atoms with Crippen LogP contribution < -0.4 is 10.9 Å². The molecule has 3 aromatic rings. The Kier molecular flexibility index (Phi) is 6.16. The van der Waals surface area contributed by atoms with Gasteiger partial charge in [-0.25, -0.2) is 13.8 Å². The first kappa shape index (κ1) is 22.0. The van der Waals surface area contributed by atoms with Crippen molar-refractivity contribution >= 4 is 44.9 Å². The quantitative estimate of drug-likeness (QED) is 0.396. The average molecular weight is 464 g/mol. The molecular formula is C22H23F2N3O2S2. The largest absolute Gasteiger partial charge is 0.323 e. The number of nitrogens with one attached hydrogen (secondary N) is 1. The van der Waals surface area contributed by atoms with Crippen molar-refractivity contribution in [2.24, 2.45) is 0 Å². The van der Waals surface area contributed by atoms with Gasteiger partial charge in [-0.05, 0) is 51.3 Å². The van der Waals surface area contributed by atoms with Crippen molar-refractivity contribution in [1.82, 2.24) is 9.55 Å². The Labute approximate surface area is 186 Å². The van der Waals surface area contributed by atoms with E-state index in [-0.39, 0.29) is 17.3 Å². The Morgan fingerprint density at radius 2 is 2.00 bits per heavy atom. The molecular weight excluding hydrogens is 440 g/mol. The van der Waals surface area contributed by atoms with Crippen molar-refractivity contribution in [1.29, 1.82) is 0 Å². The summed E-state index contributed by atoms with van der Waals surface area (Å²) in [4.78, 5) is 32.6. The summed E-state index contributed by atoms with van der Waals surface area (Å²) in [6, 6.07) is 3.07. The van der Waals surface area contributed by atoms with Gasteiger partial charge in [-0.2, -0.15) is 0 Å². The molecule has 9 heteroatoms. The zero-order chi connectivity index (χ0) is 22.3. The van der Waals surface area contributed by atoms with Gasteiger partial charge in [0.1, 0.15) is 16.5 Å². The number of carbonyl (C=O) groups excluding carboxylic acids is 1. The van der Waals surface area contributed by atoms with Crippen molar-refractivity contribution in [2.45, 2.75) is 62.9 Å². The number of carbonyl (C=O) groups is 1. The minimum Gasteiger partial charge on any atom is -0.323 e. The van der Waals surface area contributed by atoms with E-state index < -0.39 is 22.8 Å². The summed E-state index contributed by atoms with van der Waals surface area (Å²) in [6.07, 6.45) is 3.93. The molecule has 1 aliphatic rings. The molecule has 1 N–H and O–H groups in total. The number of benzene rings is 1. The van der Waals surface area contributed by atoms with Crippen LogP contribution in [0.2, 0.25) is 0 Å². The van der Waals surface area contributed by atoms with Crippen LogP contribution in [0.25, 0.3) is 10.2 Å². The highest BCUT2D eigenvalue weighted by molar-refractivity contribution is 8.00. The molecule has 0 radical (unpaired) electrons. The number of nitrogens with zero attached hydrogens (tertiary/aromatic N) is 2. The Balaban J connectivity index is 1.67. The number of thioether (sulfide) groups is 1. The van der Waals surface area contributed by atoms with Gasteiger partial charge in [-0.3, -0.25) is 14.2 Å². The Morgan fingerprint density at radius 3 is 2.68 bits per heavy atom. The number of rotatable bonds is 5. The van der Waals surface area contributed by atoms with Gasteiger partial charge in [0.05, 0.1) is 16.3 Å². The fourth-order valence-electron chi connectivity index (χ4n) is 3.89. The molecule has 1 saturated carbocycles. The lowest BCUT2D eigenvalue weighted by atomic mass is 10.2. The second-order valence-electron chi connectivity index (χ2n) is 7.84. The second kappa shape index (κ2) is 8.70. The summed E-state index contributed by atoms with van der Waals surface area (Å²) in [6.45, 7) is 5.60. The Bertz CT molecular complexity index is 1220. The number of aryl methyl sites for hydroxylation is 2. The normalized spacial score (nSPS) is 15.5. The van der Waals surface area contributed by atoms with Gasteiger partial charge in [0.2, 0.25) is 5.91 Å². The number of aromatic nitrogens is 2. The molecule has 1 aliphatic carbocycles. The lowest BCUT2D eigenvalue weighted by molar-refractivity contribution is -0.115. The highest BCUT2D eigenvalue weighted by Crippen LogP contribution is 2.35.